The highest BCUT2D eigenvalue weighted by Gasteiger charge is 2.40. The zero-order valence-electron chi connectivity index (χ0n) is 13.5. The summed E-state index contributed by atoms with van der Waals surface area (Å²) in [5.74, 6) is 1.56. The number of carbonyl (C=O) groups excluding carboxylic acids is 1. The van der Waals surface area contributed by atoms with Crippen molar-refractivity contribution in [2.45, 2.75) is 45.1 Å². The van der Waals surface area contributed by atoms with Crippen LogP contribution in [0.15, 0.2) is 18.2 Å². The lowest BCUT2D eigenvalue weighted by Crippen LogP contribution is -2.20. The number of hydrogen-bond acceptors (Lipinski definition) is 4. The van der Waals surface area contributed by atoms with Crippen LogP contribution in [0.5, 0.6) is 0 Å². The molecule has 2 N–H and O–H groups in total. The molecule has 2 heterocycles. The molecule has 0 spiro atoms. The van der Waals surface area contributed by atoms with Crippen molar-refractivity contribution in [3.05, 3.63) is 38.4 Å². The van der Waals surface area contributed by atoms with Crippen LogP contribution in [0.1, 0.15) is 50.2 Å². The van der Waals surface area contributed by atoms with Gasteiger partial charge in [-0.3, -0.25) is 4.79 Å². The SMILES string of the molecule is Cc1ccc(NC(=O)c2cc(C3CC3NCC3CC3)c(C)s2)s1. The van der Waals surface area contributed by atoms with Crippen LogP contribution in [0.25, 0.3) is 0 Å². The third-order valence-corrected chi connectivity index (χ3v) is 6.69. The Morgan fingerprint density at radius 1 is 1.26 bits per heavy atom. The Bertz CT molecular complexity index is 729. The van der Waals surface area contributed by atoms with Gasteiger partial charge in [0.2, 0.25) is 0 Å². The Labute approximate surface area is 145 Å². The summed E-state index contributed by atoms with van der Waals surface area (Å²) in [6.45, 7) is 5.37. The largest absolute Gasteiger partial charge is 0.313 e. The van der Waals surface area contributed by atoms with Crippen molar-refractivity contribution >= 4 is 33.6 Å². The van der Waals surface area contributed by atoms with E-state index in [0.29, 0.717) is 12.0 Å². The number of aryl methyl sites for hydroxylation is 2. The van der Waals surface area contributed by atoms with E-state index in [4.69, 9.17) is 0 Å². The summed E-state index contributed by atoms with van der Waals surface area (Å²) in [6.07, 6.45) is 4.01. The van der Waals surface area contributed by atoms with Gasteiger partial charge in [-0.25, -0.2) is 0 Å². The molecule has 2 aliphatic carbocycles. The molecule has 0 saturated heterocycles. The van der Waals surface area contributed by atoms with E-state index in [0.717, 1.165) is 15.8 Å². The van der Waals surface area contributed by atoms with Gasteiger partial charge in [0.15, 0.2) is 0 Å². The normalized spacial score (nSPS) is 23.0. The topological polar surface area (TPSA) is 41.1 Å². The lowest BCUT2D eigenvalue weighted by Gasteiger charge is -2.02. The van der Waals surface area contributed by atoms with E-state index in [1.54, 1.807) is 22.7 Å². The van der Waals surface area contributed by atoms with Crippen molar-refractivity contribution in [1.82, 2.24) is 5.32 Å². The summed E-state index contributed by atoms with van der Waals surface area (Å²) in [5, 5.41) is 7.62. The first-order valence-corrected chi connectivity index (χ1v) is 9.95. The van der Waals surface area contributed by atoms with E-state index in [-0.39, 0.29) is 5.91 Å². The van der Waals surface area contributed by atoms with Crippen molar-refractivity contribution in [1.29, 1.82) is 0 Å². The maximum Gasteiger partial charge on any atom is 0.266 e. The Kier molecular flexibility index (Phi) is 4.03. The fraction of sp³-hybridized carbons (Fsp3) is 0.500. The molecule has 2 atom stereocenters. The van der Waals surface area contributed by atoms with E-state index < -0.39 is 0 Å². The first-order valence-electron chi connectivity index (χ1n) is 8.31. The van der Waals surface area contributed by atoms with Crippen molar-refractivity contribution in [3.63, 3.8) is 0 Å². The average Bonchev–Trinajstić information content (AvgIpc) is 3.41. The summed E-state index contributed by atoms with van der Waals surface area (Å²) < 4.78 is 0. The maximum atomic E-state index is 12.4. The van der Waals surface area contributed by atoms with Crippen LogP contribution >= 0.6 is 22.7 Å². The van der Waals surface area contributed by atoms with Gasteiger partial charge in [0.25, 0.3) is 5.91 Å². The number of carbonyl (C=O) groups is 1. The van der Waals surface area contributed by atoms with Gasteiger partial charge in [0.05, 0.1) is 9.88 Å². The summed E-state index contributed by atoms with van der Waals surface area (Å²) in [4.78, 5) is 15.8. The molecule has 0 bridgehead atoms. The quantitative estimate of drug-likeness (QED) is 0.806. The van der Waals surface area contributed by atoms with E-state index in [1.165, 1.54) is 41.1 Å². The zero-order chi connectivity index (χ0) is 16.0. The fourth-order valence-corrected chi connectivity index (χ4v) is 4.81. The third kappa shape index (κ3) is 3.52. The van der Waals surface area contributed by atoms with E-state index in [1.807, 2.05) is 12.1 Å². The molecule has 2 saturated carbocycles. The molecule has 2 unspecified atom stereocenters. The van der Waals surface area contributed by atoms with Gasteiger partial charge >= 0.3 is 0 Å². The molecular weight excluding hydrogens is 324 g/mol. The Balaban J connectivity index is 1.39. The minimum Gasteiger partial charge on any atom is -0.313 e. The fourth-order valence-electron chi connectivity index (χ4n) is 3.06. The molecule has 2 aromatic rings. The van der Waals surface area contributed by atoms with Gasteiger partial charge in [-0.15, -0.1) is 22.7 Å². The van der Waals surface area contributed by atoms with E-state index in [9.17, 15) is 4.79 Å². The molecule has 0 aromatic carbocycles. The van der Waals surface area contributed by atoms with Crippen LogP contribution in [-0.2, 0) is 0 Å². The third-order valence-electron chi connectivity index (χ3n) is 4.71. The second kappa shape index (κ2) is 6.04. The Morgan fingerprint density at radius 3 is 2.78 bits per heavy atom. The molecule has 23 heavy (non-hydrogen) atoms. The van der Waals surface area contributed by atoms with Crippen LogP contribution < -0.4 is 10.6 Å². The number of hydrogen-bond donors (Lipinski definition) is 2. The van der Waals surface area contributed by atoms with Gasteiger partial charge in [0, 0.05) is 21.7 Å². The minimum atomic E-state index is 0.0225. The Hall–Kier alpha value is -1.17. The Morgan fingerprint density at radius 2 is 2.09 bits per heavy atom. The average molecular weight is 347 g/mol. The standard InChI is InChI=1S/C18H22N2OS2/c1-10-3-6-17(22-10)20-18(21)16-8-13(11(2)23-16)14-7-15(14)19-9-12-4-5-12/h3,6,8,12,14-15,19H,4-5,7,9H2,1-2H3,(H,20,21). The predicted octanol–water partition coefficient (Wildman–Crippen LogP) is 4.53. The number of amides is 1. The second-order valence-corrected chi connectivity index (χ2v) is 9.33. The van der Waals surface area contributed by atoms with E-state index in [2.05, 4.69) is 30.5 Å². The molecule has 2 fully saturated rings. The molecule has 2 aromatic heterocycles. The lowest BCUT2D eigenvalue weighted by molar-refractivity contribution is 0.103. The zero-order valence-corrected chi connectivity index (χ0v) is 15.2. The summed E-state index contributed by atoms with van der Waals surface area (Å²) >= 11 is 3.24. The van der Waals surface area contributed by atoms with Crippen LogP contribution in [0.2, 0.25) is 0 Å². The van der Waals surface area contributed by atoms with Crippen molar-refractivity contribution in [3.8, 4) is 0 Å². The van der Waals surface area contributed by atoms with E-state index >= 15 is 0 Å². The molecule has 0 radical (unpaired) electrons. The van der Waals surface area contributed by atoms with Crippen molar-refractivity contribution < 1.29 is 4.79 Å². The van der Waals surface area contributed by atoms with Crippen LogP contribution in [0.3, 0.4) is 0 Å². The number of thiophene rings is 2. The molecule has 122 valence electrons. The second-order valence-electron chi connectivity index (χ2n) is 6.79. The monoisotopic (exact) mass is 346 g/mol. The lowest BCUT2D eigenvalue weighted by atomic mass is 10.1. The van der Waals surface area contributed by atoms with Crippen LogP contribution in [0, 0.1) is 19.8 Å². The number of anilines is 1. The van der Waals surface area contributed by atoms with Crippen molar-refractivity contribution in [2.24, 2.45) is 5.92 Å². The molecule has 2 aliphatic rings. The molecule has 3 nitrogen and oxygen atoms in total. The highest BCUT2D eigenvalue weighted by Crippen LogP contribution is 2.45. The van der Waals surface area contributed by atoms with Crippen LogP contribution in [0.4, 0.5) is 5.00 Å². The maximum absolute atomic E-state index is 12.4. The highest BCUT2D eigenvalue weighted by atomic mass is 32.1. The van der Waals surface area contributed by atoms with Gasteiger partial charge in [-0.1, -0.05) is 0 Å². The smallest absolute Gasteiger partial charge is 0.266 e. The summed E-state index contributed by atoms with van der Waals surface area (Å²) in [7, 11) is 0. The number of nitrogens with one attached hydrogen (secondary N) is 2. The van der Waals surface area contributed by atoms with Crippen molar-refractivity contribution in [2.75, 3.05) is 11.9 Å². The molecule has 0 aliphatic heterocycles. The summed E-state index contributed by atoms with van der Waals surface area (Å²) in [6, 6.07) is 6.74. The highest BCUT2D eigenvalue weighted by molar-refractivity contribution is 7.16. The van der Waals surface area contributed by atoms with Gasteiger partial charge in [-0.2, -0.15) is 0 Å². The molecule has 5 heteroatoms. The van der Waals surface area contributed by atoms with Crippen LogP contribution in [-0.4, -0.2) is 18.5 Å². The minimum absolute atomic E-state index is 0.0225. The molecule has 4 rings (SSSR count). The predicted molar refractivity (Wildman–Crippen MR) is 97.9 cm³/mol. The number of rotatable bonds is 6. The van der Waals surface area contributed by atoms with Gasteiger partial charge in [-0.05, 0) is 69.3 Å². The molecular formula is C18H22N2OS2. The van der Waals surface area contributed by atoms with Gasteiger partial charge in [0.1, 0.15) is 0 Å². The van der Waals surface area contributed by atoms with Gasteiger partial charge < -0.3 is 10.6 Å². The first kappa shape index (κ1) is 15.4. The molecule has 1 amide bonds. The summed E-state index contributed by atoms with van der Waals surface area (Å²) in [5.41, 5.74) is 1.37. The first-order chi connectivity index (χ1) is 11.1.